The highest BCUT2D eigenvalue weighted by molar-refractivity contribution is 5.92. The molecule has 4 nitrogen and oxygen atoms in total. The van der Waals surface area contributed by atoms with Crippen LogP contribution in [0.1, 0.15) is 6.92 Å². The summed E-state index contributed by atoms with van der Waals surface area (Å²) in [7, 11) is 0. The molecule has 0 aliphatic carbocycles. The second kappa shape index (κ2) is 4.08. The number of carbonyl (C=O) groups excluding carboxylic acids is 1. The fourth-order valence-electron chi connectivity index (χ4n) is 0.304. The standard InChI is InChI=1S/C7H6N2O2/c1-5(3-8)7(10)11-6(2)4-9/h6H,1H2,2H3. The molecule has 0 amide bonds. The van der Waals surface area contributed by atoms with Crippen LogP contribution in [0.4, 0.5) is 0 Å². The maximum atomic E-state index is 10.6. The van der Waals surface area contributed by atoms with Crippen molar-refractivity contribution in [1.29, 1.82) is 10.5 Å². The van der Waals surface area contributed by atoms with Crippen molar-refractivity contribution in [2.24, 2.45) is 0 Å². The number of esters is 1. The number of hydrogen-bond acceptors (Lipinski definition) is 4. The van der Waals surface area contributed by atoms with Crippen LogP contribution in [0.3, 0.4) is 0 Å². The smallest absolute Gasteiger partial charge is 0.349 e. The lowest BCUT2D eigenvalue weighted by Gasteiger charge is -2.02. The van der Waals surface area contributed by atoms with Gasteiger partial charge in [-0.1, -0.05) is 6.58 Å². The molecule has 0 saturated carbocycles. The third-order valence-electron chi connectivity index (χ3n) is 0.847. The average Bonchev–Trinajstić information content (AvgIpc) is 2.02. The molecule has 0 saturated heterocycles. The highest BCUT2D eigenvalue weighted by Crippen LogP contribution is 1.96. The van der Waals surface area contributed by atoms with Crippen LogP contribution >= 0.6 is 0 Å². The molecule has 0 aromatic heterocycles. The fourth-order valence-corrected chi connectivity index (χ4v) is 0.304. The van der Waals surface area contributed by atoms with Gasteiger partial charge in [0.15, 0.2) is 6.10 Å². The Kier molecular flexibility index (Phi) is 3.41. The molecule has 0 fully saturated rings. The molecule has 0 spiro atoms. The van der Waals surface area contributed by atoms with Crippen molar-refractivity contribution in [2.45, 2.75) is 13.0 Å². The summed E-state index contributed by atoms with van der Waals surface area (Å²) in [6, 6.07) is 3.20. The van der Waals surface area contributed by atoms with Gasteiger partial charge >= 0.3 is 5.97 Å². The predicted octanol–water partition coefficient (Wildman–Crippen LogP) is 0.521. The second-order valence-electron chi connectivity index (χ2n) is 1.77. The molecule has 0 aliphatic rings. The molecular weight excluding hydrogens is 144 g/mol. The first-order valence-electron chi connectivity index (χ1n) is 2.81. The third-order valence-corrected chi connectivity index (χ3v) is 0.847. The highest BCUT2D eigenvalue weighted by Gasteiger charge is 2.10. The van der Waals surface area contributed by atoms with E-state index in [2.05, 4.69) is 11.3 Å². The summed E-state index contributed by atoms with van der Waals surface area (Å²) in [6.45, 7) is 4.52. The van der Waals surface area contributed by atoms with Crippen LogP contribution in [-0.4, -0.2) is 12.1 Å². The van der Waals surface area contributed by atoms with Crippen molar-refractivity contribution in [3.8, 4) is 12.1 Å². The Morgan fingerprint density at radius 1 is 1.64 bits per heavy atom. The maximum absolute atomic E-state index is 10.6. The van der Waals surface area contributed by atoms with E-state index in [1.165, 1.54) is 13.0 Å². The van der Waals surface area contributed by atoms with Gasteiger partial charge in [-0.25, -0.2) is 4.79 Å². The molecule has 1 atom stereocenters. The minimum absolute atomic E-state index is 0.299. The van der Waals surface area contributed by atoms with Gasteiger partial charge in [0.25, 0.3) is 0 Å². The van der Waals surface area contributed by atoms with Crippen LogP contribution in [0.15, 0.2) is 12.2 Å². The molecule has 56 valence electrons. The molecule has 0 radical (unpaired) electrons. The van der Waals surface area contributed by atoms with E-state index in [0.29, 0.717) is 0 Å². The first-order chi connectivity index (χ1) is 5.11. The highest BCUT2D eigenvalue weighted by atomic mass is 16.5. The van der Waals surface area contributed by atoms with E-state index in [4.69, 9.17) is 10.5 Å². The molecule has 0 aromatic rings. The van der Waals surface area contributed by atoms with Gasteiger partial charge < -0.3 is 4.74 Å². The molecule has 0 heterocycles. The van der Waals surface area contributed by atoms with Gasteiger partial charge in [0.2, 0.25) is 0 Å². The monoisotopic (exact) mass is 150 g/mol. The predicted molar refractivity (Wildman–Crippen MR) is 35.9 cm³/mol. The quantitative estimate of drug-likeness (QED) is 0.326. The molecular formula is C7H6N2O2. The zero-order valence-corrected chi connectivity index (χ0v) is 6.00. The van der Waals surface area contributed by atoms with Crippen LogP contribution in [0.2, 0.25) is 0 Å². The van der Waals surface area contributed by atoms with Crippen molar-refractivity contribution < 1.29 is 9.53 Å². The average molecular weight is 150 g/mol. The van der Waals surface area contributed by atoms with Crippen LogP contribution in [-0.2, 0) is 9.53 Å². The minimum atomic E-state index is -0.846. The zero-order chi connectivity index (χ0) is 8.85. The van der Waals surface area contributed by atoms with Crippen molar-refractivity contribution in [2.75, 3.05) is 0 Å². The van der Waals surface area contributed by atoms with Gasteiger partial charge in [-0.15, -0.1) is 0 Å². The van der Waals surface area contributed by atoms with Crippen molar-refractivity contribution in [3.05, 3.63) is 12.2 Å². The van der Waals surface area contributed by atoms with Gasteiger partial charge in [-0.05, 0) is 6.92 Å². The Morgan fingerprint density at radius 3 is 2.55 bits per heavy atom. The molecule has 0 aromatic carbocycles. The summed E-state index contributed by atoms with van der Waals surface area (Å²) >= 11 is 0. The molecule has 0 aliphatic heterocycles. The first kappa shape index (κ1) is 9.19. The number of rotatable bonds is 2. The number of nitriles is 2. The molecule has 0 rings (SSSR count). The lowest BCUT2D eigenvalue weighted by atomic mass is 10.3. The summed E-state index contributed by atoms with van der Waals surface area (Å²) in [6.07, 6.45) is -0.840. The van der Waals surface area contributed by atoms with E-state index in [-0.39, 0.29) is 5.57 Å². The van der Waals surface area contributed by atoms with E-state index in [1.807, 2.05) is 0 Å². The Morgan fingerprint density at radius 2 is 2.18 bits per heavy atom. The molecule has 0 N–H and O–H groups in total. The van der Waals surface area contributed by atoms with E-state index >= 15 is 0 Å². The SMILES string of the molecule is C=C(C#N)C(=O)OC(C)C#N. The Labute approximate surface area is 64.3 Å². The molecule has 4 heteroatoms. The maximum Gasteiger partial charge on any atom is 0.349 e. The number of carbonyl (C=O) groups is 1. The lowest BCUT2D eigenvalue weighted by Crippen LogP contribution is -2.13. The Hall–Kier alpha value is -1.81. The van der Waals surface area contributed by atoms with Gasteiger partial charge in [0.05, 0.1) is 0 Å². The van der Waals surface area contributed by atoms with Gasteiger partial charge in [0.1, 0.15) is 17.7 Å². The zero-order valence-electron chi connectivity index (χ0n) is 6.00. The topological polar surface area (TPSA) is 73.9 Å². The van der Waals surface area contributed by atoms with Gasteiger partial charge in [0, 0.05) is 0 Å². The van der Waals surface area contributed by atoms with Crippen LogP contribution < -0.4 is 0 Å². The Balaban J connectivity index is 4.03. The molecule has 0 bridgehead atoms. The normalized spacial score (nSPS) is 10.5. The summed E-state index contributed by atoms with van der Waals surface area (Å²) in [5.74, 6) is -0.846. The van der Waals surface area contributed by atoms with E-state index in [9.17, 15) is 4.79 Å². The lowest BCUT2D eigenvalue weighted by molar-refractivity contribution is -0.140. The molecule has 11 heavy (non-hydrogen) atoms. The van der Waals surface area contributed by atoms with Gasteiger partial charge in [-0.3, -0.25) is 0 Å². The molecule has 1 unspecified atom stereocenters. The van der Waals surface area contributed by atoms with E-state index in [1.54, 1.807) is 6.07 Å². The Bertz CT molecular complexity index is 257. The summed E-state index contributed by atoms with van der Waals surface area (Å²) in [4.78, 5) is 10.6. The van der Waals surface area contributed by atoms with Crippen LogP contribution in [0.25, 0.3) is 0 Å². The minimum Gasteiger partial charge on any atom is -0.443 e. The van der Waals surface area contributed by atoms with Gasteiger partial charge in [-0.2, -0.15) is 10.5 Å². The number of hydrogen-bond donors (Lipinski definition) is 0. The first-order valence-corrected chi connectivity index (χ1v) is 2.81. The van der Waals surface area contributed by atoms with Crippen molar-refractivity contribution >= 4 is 5.97 Å². The largest absolute Gasteiger partial charge is 0.443 e. The summed E-state index contributed by atoms with van der Waals surface area (Å²) in [5.41, 5.74) is -0.299. The second-order valence-corrected chi connectivity index (χ2v) is 1.77. The third kappa shape index (κ3) is 3.02. The summed E-state index contributed by atoms with van der Waals surface area (Å²) < 4.78 is 4.43. The van der Waals surface area contributed by atoms with E-state index < -0.39 is 12.1 Å². The number of ether oxygens (including phenoxy) is 1. The van der Waals surface area contributed by atoms with Crippen LogP contribution in [0.5, 0.6) is 0 Å². The summed E-state index contributed by atoms with van der Waals surface area (Å²) in [5, 5.41) is 16.4. The number of nitrogens with zero attached hydrogens (tertiary/aromatic N) is 2. The van der Waals surface area contributed by atoms with Crippen molar-refractivity contribution in [1.82, 2.24) is 0 Å². The fraction of sp³-hybridized carbons (Fsp3) is 0.286. The van der Waals surface area contributed by atoms with Crippen molar-refractivity contribution in [3.63, 3.8) is 0 Å². The van der Waals surface area contributed by atoms with E-state index in [0.717, 1.165) is 0 Å². The van der Waals surface area contributed by atoms with Crippen LogP contribution in [0, 0.1) is 22.7 Å².